The van der Waals surface area contributed by atoms with E-state index in [0.29, 0.717) is 11.8 Å². The normalized spacial score (nSPS) is 18.0. The Balaban J connectivity index is 0.00000539. The summed E-state index contributed by atoms with van der Waals surface area (Å²) in [5, 5.41) is 2.37. The van der Waals surface area contributed by atoms with E-state index >= 15 is 0 Å². The van der Waals surface area contributed by atoms with Crippen LogP contribution in [0.3, 0.4) is 0 Å². The SMILES string of the molecule is Cc1cc(C)c(-c2cc(C3=N[C@H](C4CCCCC4)[C@@H](c4ccccc4)O3)[c-]c(N3c4[c-]c5c(cc4C(C)(C)c4cc(C)ccc43)c3cc(C)ccc3n5-c3cc(C(C)(C)C)ccn3)c2)c(C)c1.[Pt+2]. The molecule has 2 atom stereocenters. The predicted octanol–water partition coefficient (Wildman–Crippen LogP) is 15.9. The molecule has 0 N–H and O–H groups in total. The molecule has 0 amide bonds. The predicted molar refractivity (Wildman–Crippen MR) is 278 cm³/mol. The van der Waals surface area contributed by atoms with E-state index < -0.39 is 0 Å². The minimum atomic E-state index is -0.347. The second kappa shape index (κ2) is 17.3. The van der Waals surface area contributed by atoms with Crippen LogP contribution in [0.5, 0.6) is 0 Å². The summed E-state index contributed by atoms with van der Waals surface area (Å²) in [6.45, 7) is 22.6. The van der Waals surface area contributed by atoms with Crippen LogP contribution >= 0.6 is 0 Å². The summed E-state index contributed by atoms with van der Waals surface area (Å²) in [6, 6.07) is 48.8. The van der Waals surface area contributed by atoms with E-state index in [1.807, 2.05) is 6.20 Å². The number of aliphatic imine (C=N–C) groups is 1. The van der Waals surface area contributed by atoms with Gasteiger partial charge in [0.25, 0.3) is 0 Å². The standard InChI is InChI=1S/C62H62N4O.Pt/c1-37-21-23-52-48(29-37)49-35-51-55(36-54(49)66(52)56-34-46(25-26-63-56)61(6,7)8)65(53-24-22-38(2)30-50(53)62(51,9)10)47-32-44(57-40(4)27-39(3)28-41(57)5)31-45(33-47)60-64-58(42-17-13-11-14-18-42)59(67-60)43-19-15-12-16-20-43;/h12,15-16,19-32,34-35,42,58-59H,11,13-14,17-18H2,1-10H3;/q-2;+2/t58-,59-;/m1./s1. The molecule has 2 aromatic heterocycles. The number of pyridine rings is 1. The van der Waals surface area contributed by atoms with Crippen LogP contribution in [0.4, 0.5) is 17.1 Å². The average Bonchev–Trinajstić information content (AvgIpc) is 3.89. The Hall–Kier alpha value is -5.77. The Bertz CT molecular complexity index is 3270. The van der Waals surface area contributed by atoms with Crippen molar-refractivity contribution in [2.24, 2.45) is 10.9 Å². The maximum Gasteiger partial charge on any atom is 2.00 e. The van der Waals surface area contributed by atoms with Gasteiger partial charge >= 0.3 is 21.1 Å². The maximum atomic E-state index is 7.18. The van der Waals surface area contributed by atoms with Crippen molar-refractivity contribution in [1.29, 1.82) is 0 Å². The molecule has 11 rings (SSSR count). The monoisotopic (exact) mass is 1070 g/mol. The summed E-state index contributed by atoms with van der Waals surface area (Å²) in [5.74, 6) is 2.04. The number of aryl methyl sites for hydroxylation is 5. The molecule has 2 aliphatic heterocycles. The molecule has 346 valence electrons. The molecule has 6 heteroatoms. The van der Waals surface area contributed by atoms with Crippen LogP contribution in [0.1, 0.15) is 128 Å². The summed E-state index contributed by atoms with van der Waals surface area (Å²) in [6.07, 6.45) is 7.95. The zero-order valence-corrected chi connectivity index (χ0v) is 43.5. The van der Waals surface area contributed by atoms with E-state index in [1.165, 1.54) is 98.5 Å². The Morgan fingerprint density at radius 2 is 1.43 bits per heavy atom. The van der Waals surface area contributed by atoms with Gasteiger partial charge in [-0.25, -0.2) is 4.98 Å². The molecule has 3 aliphatic rings. The third-order valence-corrected chi connectivity index (χ3v) is 15.1. The number of hydrogen-bond donors (Lipinski definition) is 0. The quantitative estimate of drug-likeness (QED) is 0.156. The Labute approximate surface area is 418 Å². The molecular weight excluding hydrogens is 1010 g/mol. The number of aromatic nitrogens is 2. The van der Waals surface area contributed by atoms with Crippen LogP contribution in [0, 0.1) is 52.7 Å². The van der Waals surface area contributed by atoms with Gasteiger partial charge in [-0.3, -0.25) is 4.99 Å². The largest absolute Gasteiger partial charge is 2.00 e. The molecule has 4 heterocycles. The smallest absolute Gasteiger partial charge is 0.510 e. The van der Waals surface area contributed by atoms with Crippen LogP contribution in [0.15, 0.2) is 120 Å². The van der Waals surface area contributed by atoms with E-state index in [1.54, 1.807) is 0 Å². The molecule has 1 saturated carbocycles. The van der Waals surface area contributed by atoms with Gasteiger partial charge in [0.2, 0.25) is 0 Å². The van der Waals surface area contributed by atoms with Gasteiger partial charge in [-0.1, -0.05) is 160 Å². The zero-order valence-electron chi connectivity index (χ0n) is 41.3. The average molecular weight is 1070 g/mol. The summed E-state index contributed by atoms with van der Waals surface area (Å²) in [5.41, 5.74) is 19.1. The number of benzene rings is 6. The first kappa shape index (κ1) is 46.0. The van der Waals surface area contributed by atoms with Crippen molar-refractivity contribution in [2.75, 3.05) is 4.90 Å². The molecule has 0 unspecified atom stereocenters. The first-order valence-corrected chi connectivity index (χ1v) is 24.5. The number of nitrogens with zero attached hydrogens (tertiary/aromatic N) is 4. The van der Waals surface area contributed by atoms with E-state index in [2.05, 4.69) is 200 Å². The third-order valence-electron chi connectivity index (χ3n) is 15.1. The van der Waals surface area contributed by atoms with Crippen LogP contribution in [-0.4, -0.2) is 21.5 Å². The van der Waals surface area contributed by atoms with Crippen LogP contribution in [0.2, 0.25) is 0 Å². The molecule has 1 aliphatic carbocycles. The molecule has 1 fully saturated rings. The Morgan fingerprint density at radius 1 is 0.706 bits per heavy atom. The van der Waals surface area contributed by atoms with Crippen molar-refractivity contribution in [3.63, 3.8) is 0 Å². The molecule has 6 aromatic carbocycles. The summed E-state index contributed by atoms with van der Waals surface area (Å²) >= 11 is 0. The molecule has 0 bridgehead atoms. The van der Waals surface area contributed by atoms with Crippen LogP contribution < -0.4 is 4.90 Å². The van der Waals surface area contributed by atoms with Gasteiger partial charge in [0, 0.05) is 17.4 Å². The van der Waals surface area contributed by atoms with Gasteiger partial charge in [-0.15, -0.1) is 35.2 Å². The second-order valence-corrected chi connectivity index (χ2v) is 21.5. The molecular formula is C62H62N4OPt. The molecule has 5 nitrogen and oxygen atoms in total. The minimum Gasteiger partial charge on any atom is -0.510 e. The molecule has 68 heavy (non-hydrogen) atoms. The van der Waals surface area contributed by atoms with Crippen molar-refractivity contribution in [2.45, 2.75) is 124 Å². The van der Waals surface area contributed by atoms with Crippen molar-refractivity contribution >= 4 is 44.8 Å². The van der Waals surface area contributed by atoms with Crippen molar-refractivity contribution < 1.29 is 25.8 Å². The fraction of sp³-hybridized carbons (Fsp3) is 0.323. The Morgan fingerprint density at radius 3 is 2.16 bits per heavy atom. The second-order valence-electron chi connectivity index (χ2n) is 21.5. The van der Waals surface area contributed by atoms with Crippen molar-refractivity contribution in [3.8, 4) is 16.9 Å². The first-order valence-electron chi connectivity index (χ1n) is 24.5. The van der Waals surface area contributed by atoms with E-state index in [4.69, 9.17) is 14.7 Å². The summed E-state index contributed by atoms with van der Waals surface area (Å²) in [4.78, 5) is 13.1. The van der Waals surface area contributed by atoms with Gasteiger partial charge in [0.1, 0.15) is 17.8 Å². The number of hydrogen-bond acceptors (Lipinski definition) is 4. The number of rotatable bonds is 6. The van der Waals surface area contributed by atoms with E-state index in [-0.39, 0.29) is 44.0 Å². The van der Waals surface area contributed by atoms with E-state index in [0.717, 1.165) is 45.0 Å². The van der Waals surface area contributed by atoms with Gasteiger partial charge < -0.3 is 14.2 Å². The fourth-order valence-electron chi connectivity index (χ4n) is 11.7. The first-order chi connectivity index (χ1) is 32.1. The summed E-state index contributed by atoms with van der Waals surface area (Å²) in [7, 11) is 0. The molecule has 8 aromatic rings. The number of anilines is 3. The molecule has 0 radical (unpaired) electrons. The third kappa shape index (κ3) is 7.83. The van der Waals surface area contributed by atoms with Crippen LogP contribution in [0.25, 0.3) is 38.8 Å². The Kier molecular flexibility index (Phi) is 11.7. The van der Waals surface area contributed by atoms with Crippen LogP contribution in [-0.2, 0) is 36.6 Å². The van der Waals surface area contributed by atoms with Crippen molar-refractivity contribution in [3.05, 3.63) is 183 Å². The zero-order chi connectivity index (χ0) is 46.5. The van der Waals surface area contributed by atoms with Gasteiger partial charge in [0.05, 0.1) is 6.04 Å². The number of ether oxygens (including phenoxy) is 1. The van der Waals surface area contributed by atoms with Crippen molar-refractivity contribution in [1.82, 2.24) is 9.55 Å². The summed E-state index contributed by atoms with van der Waals surface area (Å²) < 4.78 is 9.51. The molecule has 0 spiro atoms. The van der Waals surface area contributed by atoms with Gasteiger partial charge in [-0.05, 0) is 133 Å². The maximum absolute atomic E-state index is 7.18. The number of fused-ring (bicyclic) bond motifs is 5. The van der Waals surface area contributed by atoms with E-state index in [9.17, 15) is 0 Å². The topological polar surface area (TPSA) is 42.6 Å². The fourth-order valence-corrected chi connectivity index (χ4v) is 11.7. The van der Waals surface area contributed by atoms with Gasteiger partial charge in [-0.2, -0.15) is 6.07 Å². The minimum absolute atomic E-state index is 0. The molecule has 0 saturated heterocycles. The van der Waals surface area contributed by atoms with Gasteiger partial charge in [0.15, 0.2) is 0 Å².